The van der Waals surface area contributed by atoms with Crippen molar-refractivity contribution in [3.05, 3.63) is 99.0 Å². The third-order valence-corrected chi connectivity index (χ3v) is 7.63. The third-order valence-electron chi connectivity index (χ3n) is 7.10. The van der Waals surface area contributed by atoms with E-state index in [1.807, 2.05) is 20.8 Å². The van der Waals surface area contributed by atoms with Crippen LogP contribution in [-0.2, 0) is 16.5 Å². The van der Waals surface area contributed by atoms with Crippen molar-refractivity contribution in [3.8, 4) is 0 Å². The maximum atomic E-state index is 15.6. The predicted octanol–water partition coefficient (Wildman–Crippen LogP) is 7.64. The number of hydrogen-bond acceptors (Lipinski definition) is 3. The number of nitrogens with two attached hydrogens (primary N) is 1. The molecule has 4 atom stereocenters. The van der Waals surface area contributed by atoms with E-state index in [-0.39, 0.29) is 32.3 Å². The van der Waals surface area contributed by atoms with E-state index >= 15 is 8.78 Å². The predicted molar refractivity (Wildman–Crippen MR) is 146 cm³/mol. The van der Waals surface area contributed by atoms with Gasteiger partial charge in [0.15, 0.2) is 0 Å². The Hall–Kier alpha value is -2.72. The standard InChI is InChI=1S/C29H28Cl2F5N3O/c1-27(2,3)14-22-28(37,19-12-9-16(30)13-21(19)32)23(18-5-4-6-20(31)24(18)33)25(39-22)26(40)38-17-10-7-15(8-11-17)29(34,35)36/h4-13,22-23,25,39H,14,37H2,1-3H3,(H,38,40). The van der Waals surface area contributed by atoms with Gasteiger partial charge in [-0.1, -0.05) is 62.2 Å². The molecular formula is C29H28Cl2F5N3O. The molecule has 0 aliphatic carbocycles. The first-order valence-electron chi connectivity index (χ1n) is 12.4. The Balaban J connectivity index is 1.86. The summed E-state index contributed by atoms with van der Waals surface area (Å²) in [6.45, 7) is 5.83. The Morgan fingerprint density at radius 1 is 1.02 bits per heavy atom. The van der Waals surface area contributed by atoms with Crippen LogP contribution in [0.5, 0.6) is 0 Å². The number of benzene rings is 3. The molecule has 11 heteroatoms. The summed E-state index contributed by atoms with van der Waals surface area (Å²) in [6.07, 6.45) is -4.19. The van der Waals surface area contributed by atoms with Crippen molar-refractivity contribution in [1.29, 1.82) is 0 Å². The van der Waals surface area contributed by atoms with Crippen LogP contribution in [0.4, 0.5) is 27.6 Å². The summed E-state index contributed by atoms with van der Waals surface area (Å²) >= 11 is 12.1. The van der Waals surface area contributed by atoms with Crippen LogP contribution in [0.15, 0.2) is 60.7 Å². The number of alkyl halides is 3. The number of carbonyl (C=O) groups is 1. The van der Waals surface area contributed by atoms with E-state index in [9.17, 15) is 18.0 Å². The maximum Gasteiger partial charge on any atom is 0.416 e. The van der Waals surface area contributed by atoms with E-state index in [4.69, 9.17) is 28.9 Å². The van der Waals surface area contributed by atoms with Gasteiger partial charge in [0.2, 0.25) is 5.91 Å². The van der Waals surface area contributed by atoms with Gasteiger partial charge in [0.25, 0.3) is 0 Å². The zero-order valence-corrected chi connectivity index (χ0v) is 23.4. The summed E-state index contributed by atoms with van der Waals surface area (Å²) in [5.74, 6) is -3.41. The molecule has 3 aromatic rings. The summed E-state index contributed by atoms with van der Waals surface area (Å²) in [6, 6.07) is 10.2. The molecule has 4 N–H and O–H groups in total. The van der Waals surface area contributed by atoms with Gasteiger partial charge in [-0.25, -0.2) is 8.78 Å². The van der Waals surface area contributed by atoms with E-state index in [1.165, 1.54) is 30.3 Å². The van der Waals surface area contributed by atoms with Gasteiger partial charge < -0.3 is 16.4 Å². The summed E-state index contributed by atoms with van der Waals surface area (Å²) in [5, 5.41) is 5.72. The van der Waals surface area contributed by atoms with Crippen LogP contribution in [-0.4, -0.2) is 18.0 Å². The molecule has 4 unspecified atom stereocenters. The number of anilines is 1. The molecule has 0 spiro atoms. The van der Waals surface area contributed by atoms with Gasteiger partial charge >= 0.3 is 6.18 Å². The first-order chi connectivity index (χ1) is 18.5. The molecule has 0 radical (unpaired) electrons. The number of carbonyl (C=O) groups excluding carboxylic acids is 1. The van der Waals surface area contributed by atoms with Crippen molar-refractivity contribution in [2.75, 3.05) is 5.32 Å². The average molecular weight is 600 g/mol. The molecule has 1 heterocycles. The molecule has 1 amide bonds. The molecule has 3 aromatic carbocycles. The Morgan fingerprint density at radius 2 is 1.68 bits per heavy atom. The van der Waals surface area contributed by atoms with Crippen molar-refractivity contribution in [2.45, 2.75) is 56.9 Å². The molecule has 1 aliphatic heterocycles. The van der Waals surface area contributed by atoms with E-state index in [2.05, 4.69) is 10.6 Å². The zero-order chi connectivity index (χ0) is 29.6. The number of halogens is 7. The van der Waals surface area contributed by atoms with Crippen molar-refractivity contribution < 1.29 is 26.7 Å². The van der Waals surface area contributed by atoms with Gasteiger partial charge in [-0.05, 0) is 59.9 Å². The Labute approximate surface area is 239 Å². The Morgan fingerprint density at radius 3 is 2.25 bits per heavy atom. The third kappa shape index (κ3) is 5.98. The molecular weight excluding hydrogens is 572 g/mol. The van der Waals surface area contributed by atoms with Crippen LogP contribution in [0.3, 0.4) is 0 Å². The van der Waals surface area contributed by atoms with Gasteiger partial charge in [-0.3, -0.25) is 4.79 Å². The molecule has 1 fully saturated rings. The first-order valence-corrected chi connectivity index (χ1v) is 13.2. The quantitative estimate of drug-likeness (QED) is 0.264. The SMILES string of the molecule is CC(C)(C)CC1NC(C(=O)Nc2ccc(C(F)(F)F)cc2)C(c2cccc(Cl)c2F)C1(N)c1ccc(Cl)cc1F. The highest BCUT2D eigenvalue weighted by Crippen LogP contribution is 2.50. The van der Waals surface area contributed by atoms with E-state index in [0.29, 0.717) is 6.42 Å². The highest BCUT2D eigenvalue weighted by Gasteiger charge is 2.58. The lowest BCUT2D eigenvalue weighted by Gasteiger charge is -2.40. The second-order valence-corrected chi connectivity index (χ2v) is 12.0. The summed E-state index contributed by atoms with van der Waals surface area (Å²) in [4.78, 5) is 13.7. The lowest BCUT2D eigenvalue weighted by Crippen LogP contribution is -2.52. The second-order valence-electron chi connectivity index (χ2n) is 11.2. The summed E-state index contributed by atoms with van der Waals surface area (Å²) in [7, 11) is 0. The Kier molecular flexibility index (Phi) is 8.26. The van der Waals surface area contributed by atoms with Crippen LogP contribution in [0, 0.1) is 17.0 Å². The lowest BCUT2D eigenvalue weighted by molar-refractivity contribution is -0.137. The van der Waals surface area contributed by atoms with Crippen LogP contribution in [0.25, 0.3) is 0 Å². The van der Waals surface area contributed by atoms with Crippen LogP contribution in [0.2, 0.25) is 10.0 Å². The van der Waals surface area contributed by atoms with E-state index in [1.54, 1.807) is 0 Å². The van der Waals surface area contributed by atoms with Gasteiger partial charge in [-0.15, -0.1) is 0 Å². The van der Waals surface area contributed by atoms with Crippen LogP contribution in [0.1, 0.15) is 49.8 Å². The van der Waals surface area contributed by atoms with Gasteiger partial charge in [0.1, 0.15) is 11.6 Å². The smallest absolute Gasteiger partial charge is 0.325 e. The zero-order valence-electron chi connectivity index (χ0n) is 21.8. The molecule has 1 saturated heterocycles. The van der Waals surface area contributed by atoms with Gasteiger partial charge in [0.05, 0.1) is 22.2 Å². The molecule has 4 rings (SSSR count). The number of rotatable bonds is 5. The van der Waals surface area contributed by atoms with E-state index < -0.39 is 52.8 Å². The fraction of sp³-hybridized carbons (Fsp3) is 0.345. The first kappa shape index (κ1) is 30.2. The fourth-order valence-electron chi connectivity index (χ4n) is 5.37. The van der Waals surface area contributed by atoms with Crippen LogP contribution < -0.4 is 16.4 Å². The molecule has 214 valence electrons. The van der Waals surface area contributed by atoms with Crippen molar-refractivity contribution >= 4 is 34.8 Å². The molecule has 1 aliphatic rings. The largest absolute Gasteiger partial charge is 0.416 e. The minimum Gasteiger partial charge on any atom is -0.325 e. The summed E-state index contributed by atoms with van der Waals surface area (Å²) in [5.41, 5.74) is 4.29. The monoisotopic (exact) mass is 599 g/mol. The average Bonchev–Trinajstić information content (AvgIpc) is 3.12. The van der Waals surface area contributed by atoms with E-state index in [0.717, 1.165) is 30.3 Å². The number of nitrogens with one attached hydrogen (secondary N) is 2. The van der Waals surface area contributed by atoms with Crippen molar-refractivity contribution in [2.24, 2.45) is 11.1 Å². The second kappa shape index (κ2) is 10.9. The molecule has 0 aromatic heterocycles. The maximum absolute atomic E-state index is 15.6. The van der Waals surface area contributed by atoms with Crippen molar-refractivity contribution in [1.82, 2.24) is 5.32 Å². The number of hydrogen-bond donors (Lipinski definition) is 3. The van der Waals surface area contributed by atoms with Gasteiger partial charge in [0, 0.05) is 28.2 Å². The topological polar surface area (TPSA) is 67.2 Å². The highest BCUT2D eigenvalue weighted by atomic mass is 35.5. The normalized spacial score (nSPS) is 23.3. The highest BCUT2D eigenvalue weighted by molar-refractivity contribution is 6.31. The lowest BCUT2D eigenvalue weighted by atomic mass is 9.68. The summed E-state index contributed by atoms with van der Waals surface area (Å²) < 4.78 is 70.2. The van der Waals surface area contributed by atoms with Crippen LogP contribution >= 0.6 is 23.2 Å². The minimum atomic E-state index is -4.55. The van der Waals surface area contributed by atoms with Gasteiger partial charge in [-0.2, -0.15) is 13.2 Å². The molecule has 0 bridgehead atoms. The molecule has 40 heavy (non-hydrogen) atoms. The minimum absolute atomic E-state index is 0.0131. The fourth-order valence-corrected chi connectivity index (χ4v) is 5.71. The Bertz CT molecular complexity index is 1410. The molecule has 4 nitrogen and oxygen atoms in total. The molecule has 0 saturated carbocycles. The number of amides is 1. The van der Waals surface area contributed by atoms with Crippen molar-refractivity contribution in [3.63, 3.8) is 0 Å².